The summed E-state index contributed by atoms with van der Waals surface area (Å²) >= 11 is 1.49. The minimum absolute atomic E-state index is 0.435. The zero-order chi connectivity index (χ0) is 17.7. The van der Waals surface area contributed by atoms with Crippen LogP contribution in [0, 0.1) is 5.95 Å². The third-order valence-electron chi connectivity index (χ3n) is 4.65. The van der Waals surface area contributed by atoms with E-state index in [1.165, 1.54) is 18.0 Å². The van der Waals surface area contributed by atoms with Gasteiger partial charge in [0.25, 0.3) is 0 Å². The van der Waals surface area contributed by atoms with Crippen LogP contribution in [0.2, 0.25) is 0 Å². The Labute approximate surface area is 153 Å². The summed E-state index contributed by atoms with van der Waals surface area (Å²) in [6.45, 7) is 0. The smallest absolute Gasteiger partial charge is 0.225 e. The third-order valence-corrected chi connectivity index (χ3v) is 5.60. The normalized spacial score (nSPS) is 20.3. The van der Waals surface area contributed by atoms with E-state index in [0.29, 0.717) is 28.1 Å². The number of ether oxygens (including phenoxy) is 1. The van der Waals surface area contributed by atoms with Crippen molar-refractivity contribution >= 4 is 16.9 Å². The fourth-order valence-electron chi connectivity index (χ4n) is 3.45. The van der Waals surface area contributed by atoms with Crippen molar-refractivity contribution in [2.75, 3.05) is 5.75 Å². The SMILES string of the molecule is NC1=NC2(CS1)c1cc(-c3cccnc3F)ccc1Oc1ncccc12. The average molecular weight is 364 g/mol. The van der Waals surface area contributed by atoms with Crippen molar-refractivity contribution in [1.82, 2.24) is 9.97 Å². The quantitative estimate of drug-likeness (QED) is 0.667. The van der Waals surface area contributed by atoms with Crippen LogP contribution in [0.1, 0.15) is 11.1 Å². The van der Waals surface area contributed by atoms with Crippen LogP contribution in [0.5, 0.6) is 11.6 Å². The number of hydrogen-bond acceptors (Lipinski definition) is 6. The molecule has 0 aliphatic carbocycles. The predicted octanol–water partition coefficient (Wildman–Crippen LogP) is 3.69. The zero-order valence-electron chi connectivity index (χ0n) is 13.5. The highest BCUT2D eigenvalue weighted by Gasteiger charge is 2.46. The molecule has 1 unspecified atom stereocenters. The first-order valence-electron chi connectivity index (χ1n) is 8.04. The van der Waals surface area contributed by atoms with Crippen molar-refractivity contribution in [2.45, 2.75) is 5.54 Å². The molecule has 0 saturated carbocycles. The van der Waals surface area contributed by atoms with E-state index in [1.54, 1.807) is 18.3 Å². The number of hydrogen-bond donors (Lipinski definition) is 1. The van der Waals surface area contributed by atoms with Crippen molar-refractivity contribution < 1.29 is 9.13 Å². The molecule has 2 aliphatic heterocycles. The van der Waals surface area contributed by atoms with Gasteiger partial charge in [-0.05, 0) is 42.0 Å². The Hall–Kier alpha value is -2.93. The minimum atomic E-state index is -0.680. The van der Waals surface area contributed by atoms with E-state index in [-0.39, 0.29) is 0 Å². The van der Waals surface area contributed by atoms with Crippen LogP contribution in [-0.4, -0.2) is 20.9 Å². The van der Waals surface area contributed by atoms with Crippen LogP contribution in [0.25, 0.3) is 11.1 Å². The molecule has 2 N–H and O–H groups in total. The van der Waals surface area contributed by atoms with Gasteiger partial charge >= 0.3 is 0 Å². The summed E-state index contributed by atoms with van der Waals surface area (Å²) in [5, 5.41) is 0.519. The maximum atomic E-state index is 14.2. The fraction of sp³-hybridized carbons (Fsp3) is 0.105. The molecule has 5 nitrogen and oxygen atoms in total. The van der Waals surface area contributed by atoms with E-state index in [4.69, 9.17) is 15.5 Å². The summed E-state index contributed by atoms with van der Waals surface area (Å²) in [6, 6.07) is 12.8. The Morgan fingerprint density at radius 2 is 1.92 bits per heavy atom. The van der Waals surface area contributed by atoms with Gasteiger partial charge in [-0.15, -0.1) is 0 Å². The van der Waals surface area contributed by atoms with Gasteiger partial charge < -0.3 is 10.5 Å². The molecule has 1 atom stereocenters. The first-order valence-corrected chi connectivity index (χ1v) is 9.03. The fourth-order valence-corrected chi connectivity index (χ4v) is 4.41. The van der Waals surface area contributed by atoms with Gasteiger partial charge in [0.1, 0.15) is 11.3 Å². The maximum absolute atomic E-state index is 14.2. The van der Waals surface area contributed by atoms with E-state index in [0.717, 1.165) is 16.7 Å². The number of nitrogens with two attached hydrogens (primary N) is 1. The van der Waals surface area contributed by atoms with Gasteiger partial charge in [-0.25, -0.2) is 15.0 Å². The van der Waals surface area contributed by atoms with Crippen LogP contribution >= 0.6 is 11.8 Å². The molecule has 5 rings (SSSR count). The van der Waals surface area contributed by atoms with Crippen molar-refractivity contribution in [3.8, 4) is 22.8 Å². The van der Waals surface area contributed by atoms with Gasteiger partial charge in [0.05, 0.1) is 0 Å². The second kappa shape index (κ2) is 5.54. The third kappa shape index (κ3) is 2.13. The molecular weight excluding hydrogens is 351 g/mol. The van der Waals surface area contributed by atoms with Crippen LogP contribution in [0.3, 0.4) is 0 Å². The molecule has 4 heterocycles. The number of aliphatic imine (C=N–C) groups is 1. The minimum Gasteiger partial charge on any atom is -0.438 e. The van der Waals surface area contributed by atoms with Crippen molar-refractivity contribution in [3.05, 3.63) is 71.9 Å². The predicted molar refractivity (Wildman–Crippen MR) is 98.8 cm³/mol. The molecule has 0 amide bonds. The van der Waals surface area contributed by atoms with Crippen molar-refractivity contribution in [3.63, 3.8) is 0 Å². The molecule has 0 bridgehead atoms. The lowest BCUT2D eigenvalue weighted by molar-refractivity contribution is 0.400. The van der Waals surface area contributed by atoms with Gasteiger partial charge in [0.15, 0.2) is 5.17 Å². The number of aromatic nitrogens is 2. The Balaban J connectivity index is 1.76. The molecule has 1 spiro atoms. The van der Waals surface area contributed by atoms with Gasteiger partial charge in [-0.1, -0.05) is 17.8 Å². The topological polar surface area (TPSA) is 73.4 Å². The molecular formula is C19H13FN4OS. The first kappa shape index (κ1) is 15.3. The van der Waals surface area contributed by atoms with Crippen molar-refractivity contribution in [1.29, 1.82) is 0 Å². The summed E-state index contributed by atoms with van der Waals surface area (Å²) in [6.07, 6.45) is 3.12. The van der Waals surface area contributed by atoms with Gasteiger partial charge in [0, 0.05) is 34.8 Å². The molecule has 128 valence electrons. The number of thioether (sulfide) groups is 1. The van der Waals surface area contributed by atoms with Crippen molar-refractivity contribution in [2.24, 2.45) is 10.7 Å². The highest BCUT2D eigenvalue weighted by atomic mass is 32.2. The number of halogens is 1. The Morgan fingerprint density at radius 1 is 1.08 bits per heavy atom. The lowest BCUT2D eigenvalue weighted by atomic mass is 9.82. The number of pyridine rings is 2. The van der Waals surface area contributed by atoms with Gasteiger partial charge in [0.2, 0.25) is 11.8 Å². The molecule has 7 heteroatoms. The molecule has 0 saturated heterocycles. The number of fused-ring (bicyclic) bond motifs is 4. The number of rotatable bonds is 1. The summed E-state index contributed by atoms with van der Waals surface area (Å²) < 4.78 is 20.2. The second-order valence-electron chi connectivity index (χ2n) is 6.11. The number of amidine groups is 1. The molecule has 26 heavy (non-hydrogen) atoms. The zero-order valence-corrected chi connectivity index (χ0v) is 14.3. The maximum Gasteiger partial charge on any atom is 0.225 e. The summed E-state index contributed by atoms with van der Waals surface area (Å²) in [5.74, 6) is 1.32. The highest BCUT2D eigenvalue weighted by Crippen LogP contribution is 2.52. The summed E-state index contributed by atoms with van der Waals surface area (Å²) in [4.78, 5) is 12.8. The Bertz CT molecular complexity index is 1070. The molecule has 2 aliphatic rings. The Kier molecular flexibility index (Phi) is 3.27. The van der Waals surface area contributed by atoms with E-state index in [1.807, 2.05) is 30.3 Å². The van der Waals surface area contributed by atoms with Crippen LogP contribution in [0.4, 0.5) is 4.39 Å². The molecule has 3 aromatic rings. The standard InChI is InChI=1S/C19H13FN4OS/c20-16-12(3-1-7-22-16)11-5-6-15-14(9-11)19(10-26-18(21)24-19)13-4-2-8-23-17(13)25-15/h1-9H,10H2,(H2,21,24). The van der Waals surface area contributed by atoms with E-state index >= 15 is 0 Å². The van der Waals surface area contributed by atoms with Gasteiger partial charge in [-0.2, -0.15) is 4.39 Å². The molecule has 0 radical (unpaired) electrons. The monoisotopic (exact) mass is 364 g/mol. The van der Waals surface area contributed by atoms with Crippen LogP contribution in [-0.2, 0) is 5.54 Å². The van der Waals surface area contributed by atoms with E-state index < -0.39 is 11.5 Å². The lowest BCUT2D eigenvalue weighted by Gasteiger charge is -2.33. The molecule has 2 aromatic heterocycles. The average Bonchev–Trinajstić information content (AvgIpc) is 3.05. The molecule has 0 fully saturated rings. The first-order chi connectivity index (χ1) is 12.7. The summed E-state index contributed by atoms with van der Waals surface area (Å²) in [7, 11) is 0. The van der Waals surface area contributed by atoms with Crippen LogP contribution < -0.4 is 10.5 Å². The lowest BCUT2D eigenvalue weighted by Crippen LogP contribution is -2.30. The van der Waals surface area contributed by atoms with Gasteiger partial charge in [-0.3, -0.25) is 0 Å². The number of nitrogens with zero attached hydrogens (tertiary/aromatic N) is 3. The van der Waals surface area contributed by atoms with E-state index in [9.17, 15) is 4.39 Å². The summed E-state index contributed by atoms with van der Waals surface area (Å²) in [5.41, 5.74) is 8.20. The largest absolute Gasteiger partial charge is 0.438 e. The second-order valence-corrected chi connectivity index (χ2v) is 7.11. The van der Waals surface area contributed by atoms with Crippen LogP contribution in [0.15, 0.2) is 59.9 Å². The Morgan fingerprint density at radius 3 is 2.73 bits per heavy atom. The molecule has 1 aromatic carbocycles. The number of benzene rings is 1. The van der Waals surface area contributed by atoms with E-state index in [2.05, 4.69) is 9.97 Å². The highest BCUT2D eigenvalue weighted by molar-refractivity contribution is 8.14.